The molecule has 3 N–H and O–H groups in total. The second kappa shape index (κ2) is 6.40. The van der Waals surface area contributed by atoms with E-state index in [4.69, 9.17) is 10.6 Å². The summed E-state index contributed by atoms with van der Waals surface area (Å²) in [7, 11) is 0. The zero-order valence-electron chi connectivity index (χ0n) is 11.9. The number of aryl methyl sites for hydroxylation is 1. The van der Waals surface area contributed by atoms with Crippen molar-refractivity contribution in [2.45, 2.75) is 32.9 Å². The number of hydrazine groups is 1. The molecule has 0 amide bonds. The fraction of sp³-hybridized carbons (Fsp3) is 0.357. The molecule has 0 aliphatic heterocycles. The molecule has 0 saturated carbocycles. The van der Waals surface area contributed by atoms with Gasteiger partial charge in [0.15, 0.2) is 0 Å². The third kappa shape index (κ3) is 3.49. The van der Waals surface area contributed by atoms with Gasteiger partial charge < -0.3 is 4.74 Å². The summed E-state index contributed by atoms with van der Waals surface area (Å²) >= 11 is 0. The highest BCUT2D eigenvalue weighted by molar-refractivity contribution is 5.30. The molecule has 1 atom stereocenters. The van der Waals surface area contributed by atoms with Crippen molar-refractivity contribution in [1.82, 2.24) is 20.4 Å². The van der Waals surface area contributed by atoms with Crippen LogP contribution in [0.5, 0.6) is 5.75 Å². The number of ether oxygens (including phenoxy) is 1. The van der Waals surface area contributed by atoms with E-state index in [1.54, 1.807) is 24.8 Å². The molecule has 1 unspecified atom stereocenters. The number of nitrogens with two attached hydrogens (primary N) is 1. The number of rotatable bonds is 5. The van der Waals surface area contributed by atoms with Gasteiger partial charge in [-0.3, -0.25) is 20.8 Å². The lowest BCUT2D eigenvalue weighted by atomic mass is 10.1. The Balaban J connectivity index is 2.29. The molecular formula is C14H19N5O. The van der Waals surface area contributed by atoms with Crippen LogP contribution in [0.3, 0.4) is 0 Å². The van der Waals surface area contributed by atoms with E-state index >= 15 is 0 Å². The monoisotopic (exact) mass is 273 g/mol. The average Bonchev–Trinajstić information content (AvgIpc) is 2.41. The molecule has 106 valence electrons. The lowest BCUT2D eigenvalue weighted by molar-refractivity contribution is 0.241. The summed E-state index contributed by atoms with van der Waals surface area (Å²) in [6.45, 7) is 5.83. The Morgan fingerprint density at radius 1 is 1.15 bits per heavy atom. The van der Waals surface area contributed by atoms with Crippen LogP contribution in [0.1, 0.15) is 36.8 Å². The maximum absolute atomic E-state index is 5.64. The largest absolute Gasteiger partial charge is 0.489 e. The molecule has 6 nitrogen and oxygen atoms in total. The van der Waals surface area contributed by atoms with Gasteiger partial charge in [-0.05, 0) is 32.4 Å². The van der Waals surface area contributed by atoms with Crippen molar-refractivity contribution < 1.29 is 4.74 Å². The highest BCUT2D eigenvalue weighted by atomic mass is 16.5. The molecule has 2 rings (SSSR count). The van der Waals surface area contributed by atoms with Crippen molar-refractivity contribution >= 4 is 0 Å². The fourth-order valence-electron chi connectivity index (χ4n) is 1.83. The van der Waals surface area contributed by atoms with E-state index in [1.807, 2.05) is 26.8 Å². The Labute approximate surface area is 118 Å². The lowest BCUT2D eigenvalue weighted by Gasteiger charge is -2.17. The van der Waals surface area contributed by atoms with Crippen molar-refractivity contribution in [3.05, 3.63) is 47.8 Å². The van der Waals surface area contributed by atoms with E-state index < -0.39 is 0 Å². The third-order valence-electron chi connectivity index (χ3n) is 2.70. The van der Waals surface area contributed by atoms with Gasteiger partial charge in [-0.2, -0.15) is 0 Å². The van der Waals surface area contributed by atoms with Gasteiger partial charge in [-0.15, -0.1) is 0 Å². The second-order valence-electron chi connectivity index (χ2n) is 4.80. The third-order valence-corrected chi connectivity index (χ3v) is 2.70. The standard InChI is InChI=1S/C14H19N5O/c1-9(2)20-12-4-11(6-16-7-12)14(19-15)13-8-17-10(3)5-18-13/h4-9,14,19H,15H2,1-3H3. The molecule has 0 aliphatic rings. The van der Waals surface area contributed by atoms with Crippen LogP contribution < -0.4 is 16.0 Å². The minimum absolute atomic E-state index is 0.0931. The molecule has 0 saturated heterocycles. The first-order valence-electron chi connectivity index (χ1n) is 6.46. The average molecular weight is 273 g/mol. The van der Waals surface area contributed by atoms with E-state index in [2.05, 4.69) is 20.4 Å². The number of hydrogen-bond acceptors (Lipinski definition) is 6. The smallest absolute Gasteiger partial charge is 0.138 e. The SMILES string of the molecule is Cc1cnc(C(NN)c2cncc(OC(C)C)c2)cn1. The number of nitrogens with one attached hydrogen (secondary N) is 1. The van der Waals surface area contributed by atoms with E-state index in [-0.39, 0.29) is 12.1 Å². The van der Waals surface area contributed by atoms with Crippen LogP contribution >= 0.6 is 0 Å². The quantitative estimate of drug-likeness (QED) is 0.634. The molecule has 2 aromatic rings. The molecule has 2 heterocycles. The van der Waals surface area contributed by atoms with Gasteiger partial charge in [0.1, 0.15) is 5.75 Å². The lowest BCUT2D eigenvalue weighted by Crippen LogP contribution is -2.29. The predicted molar refractivity (Wildman–Crippen MR) is 75.9 cm³/mol. The maximum Gasteiger partial charge on any atom is 0.138 e. The minimum atomic E-state index is -0.272. The summed E-state index contributed by atoms with van der Waals surface area (Å²) in [6.07, 6.45) is 6.92. The molecule has 2 aromatic heterocycles. The fourth-order valence-corrected chi connectivity index (χ4v) is 1.83. The molecule has 0 fully saturated rings. The summed E-state index contributed by atoms with van der Waals surface area (Å²) in [5.41, 5.74) is 5.21. The van der Waals surface area contributed by atoms with Crippen LogP contribution in [-0.4, -0.2) is 21.1 Å². The Kier molecular flexibility index (Phi) is 4.60. The minimum Gasteiger partial charge on any atom is -0.489 e. The van der Waals surface area contributed by atoms with Crippen molar-refractivity contribution in [2.75, 3.05) is 0 Å². The van der Waals surface area contributed by atoms with Gasteiger partial charge >= 0.3 is 0 Å². The van der Waals surface area contributed by atoms with Crippen molar-refractivity contribution in [3.63, 3.8) is 0 Å². The molecule has 6 heteroatoms. The summed E-state index contributed by atoms with van der Waals surface area (Å²) in [5.74, 6) is 6.35. The number of aromatic nitrogens is 3. The first-order chi connectivity index (χ1) is 9.60. The molecule has 0 bridgehead atoms. The second-order valence-corrected chi connectivity index (χ2v) is 4.80. The highest BCUT2D eigenvalue weighted by Gasteiger charge is 2.15. The first-order valence-corrected chi connectivity index (χ1v) is 6.46. The highest BCUT2D eigenvalue weighted by Crippen LogP contribution is 2.22. The number of pyridine rings is 1. The topological polar surface area (TPSA) is 86.0 Å². The van der Waals surface area contributed by atoms with E-state index in [0.29, 0.717) is 5.75 Å². The molecular weight excluding hydrogens is 254 g/mol. The van der Waals surface area contributed by atoms with Crippen LogP contribution in [0.15, 0.2) is 30.9 Å². The normalized spacial score (nSPS) is 12.4. The van der Waals surface area contributed by atoms with Gasteiger partial charge in [0.25, 0.3) is 0 Å². The van der Waals surface area contributed by atoms with Gasteiger partial charge in [-0.1, -0.05) is 0 Å². The molecule has 0 aromatic carbocycles. The van der Waals surface area contributed by atoms with Crippen LogP contribution in [0.25, 0.3) is 0 Å². The van der Waals surface area contributed by atoms with Crippen molar-refractivity contribution in [3.8, 4) is 5.75 Å². The molecule has 0 radical (unpaired) electrons. The summed E-state index contributed by atoms with van der Waals surface area (Å²) < 4.78 is 5.64. The Bertz CT molecular complexity index is 556. The predicted octanol–water partition coefficient (Wildman–Crippen LogP) is 1.52. The van der Waals surface area contributed by atoms with E-state index in [9.17, 15) is 0 Å². The maximum atomic E-state index is 5.64. The Morgan fingerprint density at radius 3 is 2.55 bits per heavy atom. The van der Waals surface area contributed by atoms with Crippen LogP contribution in [0.2, 0.25) is 0 Å². The Hall–Kier alpha value is -2.05. The summed E-state index contributed by atoms with van der Waals surface area (Å²) in [6, 6.07) is 1.63. The van der Waals surface area contributed by atoms with Gasteiger partial charge in [0.05, 0.1) is 35.9 Å². The molecule has 0 spiro atoms. The first kappa shape index (κ1) is 14.4. The summed E-state index contributed by atoms with van der Waals surface area (Å²) in [4.78, 5) is 12.8. The number of hydrogen-bond donors (Lipinski definition) is 2. The van der Waals surface area contributed by atoms with Crippen LogP contribution in [0, 0.1) is 6.92 Å². The van der Waals surface area contributed by atoms with Gasteiger partial charge in [-0.25, -0.2) is 5.43 Å². The van der Waals surface area contributed by atoms with Gasteiger partial charge in [0.2, 0.25) is 0 Å². The zero-order valence-corrected chi connectivity index (χ0v) is 11.9. The Morgan fingerprint density at radius 2 is 1.95 bits per heavy atom. The number of nitrogens with zero attached hydrogens (tertiary/aromatic N) is 3. The van der Waals surface area contributed by atoms with E-state index in [0.717, 1.165) is 17.0 Å². The van der Waals surface area contributed by atoms with E-state index in [1.165, 1.54) is 0 Å². The van der Waals surface area contributed by atoms with Crippen molar-refractivity contribution in [1.29, 1.82) is 0 Å². The van der Waals surface area contributed by atoms with Crippen LogP contribution in [0.4, 0.5) is 0 Å². The molecule has 0 aliphatic carbocycles. The van der Waals surface area contributed by atoms with Gasteiger partial charge in [0, 0.05) is 12.4 Å². The van der Waals surface area contributed by atoms with Crippen molar-refractivity contribution in [2.24, 2.45) is 5.84 Å². The summed E-state index contributed by atoms with van der Waals surface area (Å²) in [5, 5.41) is 0. The zero-order chi connectivity index (χ0) is 14.5. The molecule has 20 heavy (non-hydrogen) atoms. The van der Waals surface area contributed by atoms with Crippen LogP contribution in [-0.2, 0) is 0 Å².